The Morgan fingerprint density at radius 2 is 1.33 bits per heavy atom. The fraction of sp³-hybridized carbons (Fsp3) is 0.226. The Balaban J connectivity index is 1.48. The van der Waals surface area contributed by atoms with Crippen LogP contribution in [0, 0.1) is 0 Å². The Morgan fingerprint density at radius 3 is 1.94 bits per heavy atom. The predicted octanol–water partition coefficient (Wildman–Crippen LogP) is 5.51. The topological polar surface area (TPSA) is 79.0 Å². The van der Waals surface area contributed by atoms with Crippen LogP contribution in [0.3, 0.4) is 0 Å². The van der Waals surface area contributed by atoms with E-state index in [2.05, 4.69) is 17.0 Å². The van der Waals surface area contributed by atoms with Gasteiger partial charge in [0.15, 0.2) is 0 Å². The van der Waals surface area contributed by atoms with Crippen molar-refractivity contribution in [2.45, 2.75) is 38.3 Å². The van der Waals surface area contributed by atoms with Gasteiger partial charge in [-0.1, -0.05) is 97.1 Å². The number of aliphatic hydroxyl groups is 2. The van der Waals surface area contributed by atoms with Gasteiger partial charge in [-0.25, -0.2) is 0 Å². The van der Waals surface area contributed by atoms with Crippen LogP contribution in [0.25, 0.3) is 0 Å². The highest BCUT2D eigenvalue weighted by atomic mass is 16.5. The molecule has 3 atom stereocenters. The van der Waals surface area contributed by atoms with E-state index in [9.17, 15) is 10.2 Å². The summed E-state index contributed by atoms with van der Waals surface area (Å²) in [5.74, 6) is 0.587. The van der Waals surface area contributed by atoms with E-state index in [0.29, 0.717) is 36.7 Å². The Labute approximate surface area is 213 Å². The second-order valence-electron chi connectivity index (χ2n) is 9.10. The monoisotopic (exact) mass is 482 g/mol. The van der Waals surface area contributed by atoms with Crippen LogP contribution in [0.4, 0.5) is 5.69 Å². The molecule has 0 bridgehead atoms. The van der Waals surface area contributed by atoms with Crippen molar-refractivity contribution in [3.63, 3.8) is 0 Å². The molecule has 186 valence electrons. The van der Waals surface area contributed by atoms with E-state index in [0.717, 1.165) is 16.7 Å². The summed E-state index contributed by atoms with van der Waals surface area (Å²) < 4.78 is 5.89. The molecule has 36 heavy (non-hydrogen) atoms. The highest BCUT2D eigenvalue weighted by molar-refractivity contribution is 5.54. The minimum Gasteiger partial charge on any atom is -0.487 e. The van der Waals surface area contributed by atoms with Crippen LogP contribution in [0.1, 0.15) is 41.4 Å². The molecule has 0 aliphatic carbocycles. The molecule has 0 spiro atoms. The zero-order valence-corrected chi connectivity index (χ0v) is 20.6. The van der Waals surface area contributed by atoms with Crippen molar-refractivity contribution >= 4 is 5.69 Å². The van der Waals surface area contributed by atoms with Gasteiger partial charge in [-0.2, -0.15) is 0 Å². The summed E-state index contributed by atoms with van der Waals surface area (Å²) in [5, 5.41) is 22.3. The molecule has 2 unspecified atom stereocenters. The molecule has 0 aliphatic heterocycles. The van der Waals surface area contributed by atoms with E-state index in [1.165, 1.54) is 0 Å². The van der Waals surface area contributed by atoms with Crippen LogP contribution in [0.2, 0.25) is 0 Å². The molecule has 0 aliphatic rings. The van der Waals surface area contributed by atoms with Gasteiger partial charge in [0.25, 0.3) is 0 Å². The van der Waals surface area contributed by atoms with Gasteiger partial charge in [0.1, 0.15) is 12.4 Å². The van der Waals surface area contributed by atoms with E-state index in [1.807, 2.05) is 91.9 Å². The van der Waals surface area contributed by atoms with Gasteiger partial charge in [-0.3, -0.25) is 4.90 Å². The minimum atomic E-state index is -0.787. The lowest BCUT2D eigenvalue weighted by atomic mass is 10.00. The summed E-state index contributed by atoms with van der Waals surface area (Å²) in [7, 11) is 0. The lowest BCUT2D eigenvalue weighted by molar-refractivity contribution is 0.0216. The first kappa shape index (κ1) is 25.5. The SMILES string of the molecule is CC(C(O)c1ccccc1)N(Cc1ccccc1)C[C@H](O)c1ccc(OCc2ccccc2)c(N)c1. The zero-order chi connectivity index (χ0) is 25.3. The molecule has 0 heterocycles. The Kier molecular flexibility index (Phi) is 8.74. The first-order valence-electron chi connectivity index (χ1n) is 12.3. The van der Waals surface area contributed by atoms with Crippen molar-refractivity contribution in [3.8, 4) is 5.75 Å². The van der Waals surface area contributed by atoms with Gasteiger partial charge in [0.2, 0.25) is 0 Å². The van der Waals surface area contributed by atoms with Crippen LogP contribution in [0.5, 0.6) is 5.75 Å². The van der Waals surface area contributed by atoms with E-state index in [1.54, 1.807) is 12.1 Å². The van der Waals surface area contributed by atoms with E-state index >= 15 is 0 Å². The minimum absolute atomic E-state index is 0.229. The summed E-state index contributed by atoms with van der Waals surface area (Å²) in [6.07, 6.45) is -1.48. The van der Waals surface area contributed by atoms with Crippen LogP contribution < -0.4 is 10.5 Å². The third-order valence-corrected chi connectivity index (χ3v) is 6.47. The number of aliphatic hydroxyl groups excluding tert-OH is 2. The highest BCUT2D eigenvalue weighted by Crippen LogP contribution is 2.29. The quantitative estimate of drug-likeness (QED) is 0.246. The third-order valence-electron chi connectivity index (χ3n) is 6.47. The van der Waals surface area contributed by atoms with Crippen molar-refractivity contribution in [2.24, 2.45) is 0 Å². The number of hydrogen-bond donors (Lipinski definition) is 3. The standard InChI is InChI=1S/C31H34N2O3/c1-23(31(35)26-15-9-4-10-16-26)33(20-24-11-5-2-6-12-24)21-29(34)27-17-18-30(28(32)19-27)36-22-25-13-7-3-8-14-25/h2-19,23,29,31,34-35H,20-22,32H2,1H3/t23?,29-,31?/m0/s1. The lowest BCUT2D eigenvalue weighted by Gasteiger charge is -2.34. The molecule has 0 radical (unpaired) electrons. The maximum absolute atomic E-state index is 11.2. The van der Waals surface area contributed by atoms with Gasteiger partial charge in [-0.15, -0.1) is 0 Å². The number of benzene rings is 4. The Bertz CT molecular complexity index is 1200. The van der Waals surface area contributed by atoms with Crippen molar-refractivity contribution in [1.29, 1.82) is 0 Å². The number of nitrogen functional groups attached to an aromatic ring is 1. The number of nitrogens with two attached hydrogens (primary N) is 1. The molecule has 5 heteroatoms. The van der Waals surface area contributed by atoms with Crippen molar-refractivity contribution in [1.82, 2.24) is 4.90 Å². The summed E-state index contributed by atoms with van der Waals surface area (Å²) in [4.78, 5) is 2.10. The van der Waals surface area contributed by atoms with Crippen LogP contribution in [-0.4, -0.2) is 27.7 Å². The second-order valence-corrected chi connectivity index (χ2v) is 9.10. The fourth-order valence-corrected chi connectivity index (χ4v) is 4.29. The summed E-state index contributed by atoms with van der Waals surface area (Å²) >= 11 is 0. The molecule has 4 aromatic rings. The normalized spacial score (nSPS) is 13.8. The number of nitrogens with zero attached hydrogens (tertiary/aromatic N) is 1. The highest BCUT2D eigenvalue weighted by Gasteiger charge is 2.26. The van der Waals surface area contributed by atoms with Crippen molar-refractivity contribution in [2.75, 3.05) is 12.3 Å². The fourth-order valence-electron chi connectivity index (χ4n) is 4.29. The second kappa shape index (κ2) is 12.4. The summed E-state index contributed by atoms with van der Waals surface area (Å²) in [6, 6.07) is 34.8. The van der Waals surface area contributed by atoms with Gasteiger partial charge in [-0.05, 0) is 41.3 Å². The molecule has 0 amide bonds. The molecular weight excluding hydrogens is 448 g/mol. The van der Waals surface area contributed by atoms with E-state index in [4.69, 9.17) is 10.5 Å². The summed E-state index contributed by atoms with van der Waals surface area (Å²) in [5.41, 5.74) is 10.5. The average molecular weight is 483 g/mol. The number of rotatable bonds is 11. The molecular formula is C31H34N2O3. The van der Waals surface area contributed by atoms with Gasteiger partial charge >= 0.3 is 0 Å². The van der Waals surface area contributed by atoms with Gasteiger partial charge < -0.3 is 20.7 Å². The smallest absolute Gasteiger partial charge is 0.142 e. The molecule has 4 N–H and O–H groups in total. The first-order valence-corrected chi connectivity index (χ1v) is 12.3. The molecule has 5 nitrogen and oxygen atoms in total. The number of anilines is 1. The molecule has 4 aromatic carbocycles. The van der Waals surface area contributed by atoms with Crippen molar-refractivity contribution in [3.05, 3.63) is 131 Å². The van der Waals surface area contributed by atoms with E-state index < -0.39 is 12.2 Å². The van der Waals surface area contributed by atoms with E-state index in [-0.39, 0.29) is 6.04 Å². The van der Waals surface area contributed by atoms with Crippen LogP contribution >= 0.6 is 0 Å². The Hall–Kier alpha value is -3.64. The molecule has 0 saturated carbocycles. The van der Waals surface area contributed by atoms with Crippen LogP contribution in [0.15, 0.2) is 109 Å². The average Bonchev–Trinajstić information content (AvgIpc) is 2.92. The van der Waals surface area contributed by atoms with Gasteiger partial charge in [0, 0.05) is 19.1 Å². The molecule has 0 aromatic heterocycles. The maximum Gasteiger partial charge on any atom is 0.142 e. The Morgan fingerprint density at radius 1 is 0.750 bits per heavy atom. The third kappa shape index (κ3) is 6.73. The maximum atomic E-state index is 11.2. The number of ether oxygens (including phenoxy) is 1. The lowest BCUT2D eigenvalue weighted by Crippen LogP contribution is -2.39. The predicted molar refractivity (Wildman–Crippen MR) is 144 cm³/mol. The number of hydrogen-bond acceptors (Lipinski definition) is 5. The zero-order valence-electron chi connectivity index (χ0n) is 20.6. The van der Waals surface area contributed by atoms with Gasteiger partial charge in [0.05, 0.1) is 17.9 Å². The molecule has 0 fully saturated rings. The van der Waals surface area contributed by atoms with Crippen LogP contribution in [-0.2, 0) is 13.2 Å². The molecule has 0 saturated heterocycles. The first-order chi connectivity index (χ1) is 17.5. The summed E-state index contributed by atoms with van der Waals surface area (Å²) in [6.45, 7) is 3.34. The largest absolute Gasteiger partial charge is 0.487 e. The molecule has 4 rings (SSSR count). The van der Waals surface area contributed by atoms with Crippen molar-refractivity contribution < 1.29 is 14.9 Å².